The predicted molar refractivity (Wildman–Crippen MR) is 71.2 cm³/mol. The second-order valence-corrected chi connectivity index (χ2v) is 5.41. The highest BCUT2D eigenvalue weighted by Crippen LogP contribution is 2.24. The van der Waals surface area contributed by atoms with Crippen LogP contribution in [0.3, 0.4) is 0 Å². The summed E-state index contributed by atoms with van der Waals surface area (Å²) in [4.78, 5) is 9.55. The number of imidazole rings is 1. The van der Waals surface area contributed by atoms with Crippen LogP contribution in [0.15, 0.2) is 12.4 Å². The van der Waals surface area contributed by atoms with E-state index in [1.54, 1.807) is 0 Å². The Kier molecular flexibility index (Phi) is 3.37. The van der Waals surface area contributed by atoms with Gasteiger partial charge in [-0.15, -0.1) is 0 Å². The molecule has 2 N–H and O–H groups in total. The zero-order chi connectivity index (χ0) is 12.5. The molecule has 100 valence electrons. The van der Waals surface area contributed by atoms with Crippen LogP contribution in [0.5, 0.6) is 0 Å². The lowest BCUT2D eigenvalue weighted by molar-refractivity contribution is 0.000554. The van der Waals surface area contributed by atoms with Crippen LogP contribution in [-0.2, 0) is 6.54 Å². The molecule has 18 heavy (non-hydrogen) atoms. The molecule has 0 saturated carbocycles. The van der Waals surface area contributed by atoms with Crippen molar-refractivity contribution >= 4 is 0 Å². The van der Waals surface area contributed by atoms with E-state index >= 15 is 0 Å². The van der Waals surface area contributed by atoms with E-state index in [9.17, 15) is 0 Å². The Labute approximate surface area is 109 Å². The van der Waals surface area contributed by atoms with Crippen LogP contribution in [-0.4, -0.2) is 58.1 Å². The molecular formula is C13H23N5. The molecule has 3 aliphatic heterocycles. The maximum Gasteiger partial charge on any atom is 0.127 e. The number of hydrogen-bond acceptors (Lipinski definition) is 4. The molecule has 2 unspecified atom stereocenters. The number of nitrogens with zero attached hydrogens (tertiary/aromatic N) is 4. The van der Waals surface area contributed by atoms with E-state index in [4.69, 9.17) is 5.73 Å². The summed E-state index contributed by atoms with van der Waals surface area (Å²) in [7, 11) is 0. The minimum Gasteiger partial charge on any atom is -0.334 e. The normalized spacial score (nSPS) is 32.7. The number of rotatable bonds is 4. The van der Waals surface area contributed by atoms with Crippen molar-refractivity contribution < 1.29 is 0 Å². The summed E-state index contributed by atoms with van der Waals surface area (Å²) in [6.07, 6.45) is 5.05. The number of hydrogen-bond donors (Lipinski definition) is 1. The molecule has 4 rings (SSSR count). The Hall–Kier alpha value is -0.910. The number of aromatic nitrogens is 2. The summed E-state index contributed by atoms with van der Waals surface area (Å²) in [6.45, 7) is 9.02. The van der Waals surface area contributed by atoms with E-state index in [-0.39, 0.29) is 6.04 Å². The predicted octanol–water partition coefficient (Wildman–Crippen LogP) is 0.293. The van der Waals surface area contributed by atoms with Gasteiger partial charge >= 0.3 is 0 Å². The Bertz CT molecular complexity index is 394. The third kappa shape index (κ3) is 2.06. The first-order chi connectivity index (χ1) is 8.79. The molecule has 1 aromatic rings. The summed E-state index contributed by atoms with van der Waals surface area (Å²) >= 11 is 0. The molecule has 2 atom stereocenters. The zero-order valence-corrected chi connectivity index (χ0v) is 11.1. The van der Waals surface area contributed by atoms with Gasteiger partial charge in [-0.1, -0.05) is 6.92 Å². The van der Waals surface area contributed by atoms with Gasteiger partial charge in [0, 0.05) is 57.7 Å². The van der Waals surface area contributed by atoms with Crippen LogP contribution in [0, 0.1) is 0 Å². The summed E-state index contributed by atoms with van der Waals surface area (Å²) in [5.41, 5.74) is 6.48. The highest BCUT2D eigenvalue weighted by atomic mass is 15.4. The minimum atomic E-state index is 0.0367. The quantitative estimate of drug-likeness (QED) is 0.833. The zero-order valence-electron chi connectivity index (χ0n) is 11.1. The maximum atomic E-state index is 6.48. The van der Waals surface area contributed by atoms with Crippen LogP contribution >= 0.6 is 0 Å². The van der Waals surface area contributed by atoms with Gasteiger partial charge in [-0.25, -0.2) is 4.98 Å². The van der Waals surface area contributed by atoms with Gasteiger partial charge in [0.05, 0.1) is 6.04 Å². The van der Waals surface area contributed by atoms with Crippen LogP contribution in [0.2, 0.25) is 0 Å². The van der Waals surface area contributed by atoms with Gasteiger partial charge in [-0.2, -0.15) is 0 Å². The van der Waals surface area contributed by atoms with E-state index in [0.717, 1.165) is 38.4 Å². The molecular weight excluding hydrogens is 226 g/mol. The van der Waals surface area contributed by atoms with Gasteiger partial charge in [-0.05, 0) is 6.42 Å². The van der Waals surface area contributed by atoms with Crippen molar-refractivity contribution in [2.24, 2.45) is 5.73 Å². The second kappa shape index (κ2) is 4.99. The maximum absolute atomic E-state index is 6.48. The molecule has 5 nitrogen and oxygen atoms in total. The van der Waals surface area contributed by atoms with E-state index in [1.165, 1.54) is 13.1 Å². The van der Waals surface area contributed by atoms with Gasteiger partial charge in [0.25, 0.3) is 0 Å². The first-order valence-corrected chi connectivity index (χ1v) is 7.02. The molecule has 0 aromatic carbocycles. The largest absolute Gasteiger partial charge is 0.334 e. The lowest BCUT2D eigenvalue weighted by Crippen LogP contribution is -2.63. The first kappa shape index (κ1) is 12.1. The Morgan fingerprint density at radius 1 is 1.39 bits per heavy atom. The van der Waals surface area contributed by atoms with Crippen molar-refractivity contribution in [3.8, 4) is 0 Å². The molecule has 1 aromatic heterocycles. The van der Waals surface area contributed by atoms with E-state index < -0.39 is 0 Å². The van der Waals surface area contributed by atoms with Gasteiger partial charge in [-0.3, -0.25) is 9.80 Å². The monoisotopic (exact) mass is 249 g/mol. The van der Waals surface area contributed by atoms with Crippen LogP contribution in [0.25, 0.3) is 0 Å². The van der Waals surface area contributed by atoms with Crippen LogP contribution in [0.4, 0.5) is 0 Å². The topological polar surface area (TPSA) is 50.3 Å². The third-order valence-electron chi connectivity index (χ3n) is 4.25. The standard InChI is InChI=1S/C13H23N5/c1-2-4-18-5-3-15-13(18)12(14)11-10-16-6-8-17(11)9-7-16/h3,5,11-12H,2,4,6-10,14H2,1H3. The van der Waals surface area contributed by atoms with Crippen molar-refractivity contribution in [3.05, 3.63) is 18.2 Å². The SMILES string of the molecule is CCCn1ccnc1C(N)C1CN2CCN1CC2. The number of fused-ring (bicyclic) bond motifs is 3. The van der Waals surface area contributed by atoms with Gasteiger partial charge < -0.3 is 10.3 Å². The average molecular weight is 249 g/mol. The van der Waals surface area contributed by atoms with Crippen molar-refractivity contribution in [3.63, 3.8) is 0 Å². The molecule has 0 spiro atoms. The van der Waals surface area contributed by atoms with Gasteiger partial charge in [0.1, 0.15) is 5.82 Å². The summed E-state index contributed by atoms with van der Waals surface area (Å²) in [5.74, 6) is 1.05. The highest BCUT2D eigenvalue weighted by molar-refractivity contribution is 5.06. The van der Waals surface area contributed by atoms with Crippen molar-refractivity contribution in [2.45, 2.75) is 32.0 Å². The molecule has 2 bridgehead atoms. The fraction of sp³-hybridized carbons (Fsp3) is 0.769. The molecule has 3 saturated heterocycles. The number of aryl methyl sites for hydroxylation is 1. The van der Waals surface area contributed by atoms with E-state index in [0.29, 0.717) is 6.04 Å². The summed E-state index contributed by atoms with van der Waals surface area (Å²) in [5, 5.41) is 0. The van der Waals surface area contributed by atoms with E-state index in [2.05, 4.69) is 32.5 Å². The molecule has 5 heteroatoms. The molecule has 3 fully saturated rings. The van der Waals surface area contributed by atoms with E-state index in [1.807, 2.05) is 6.20 Å². The number of nitrogens with two attached hydrogens (primary N) is 1. The molecule has 0 radical (unpaired) electrons. The summed E-state index contributed by atoms with van der Waals surface area (Å²) in [6, 6.07) is 0.472. The van der Waals surface area contributed by atoms with Crippen molar-refractivity contribution in [1.29, 1.82) is 0 Å². The van der Waals surface area contributed by atoms with Crippen LogP contribution < -0.4 is 5.73 Å². The van der Waals surface area contributed by atoms with Crippen molar-refractivity contribution in [2.75, 3.05) is 32.7 Å². The fourth-order valence-corrected chi connectivity index (χ4v) is 3.22. The van der Waals surface area contributed by atoms with Crippen molar-refractivity contribution in [1.82, 2.24) is 19.4 Å². The van der Waals surface area contributed by atoms with Gasteiger partial charge in [0.2, 0.25) is 0 Å². The Morgan fingerprint density at radius 2 is 2.17 bits per heavy atom. The smallest absolute Gasteiger partial charge is 0.127 e. The summed E-state index contributed by atoms with van der Waals surface area (Å²) < 4.78 is 2.21. The molecule has 0 aliphatic carbocycles. The fourth-order valence-electron chi connectivity index (χ4n) is 3.22. The average Bonchev–Trinajstić information content (AvgIpc) is 2.88. The van der Waals surface area contributed by atoms with Gasteiger partial charge in [0.15, 0.2) is 0 Å². The number of piperazine rings is 3. The lowest BCUT2D eigenvalue weighted by atomic mass is 10.00. The third-order valence-corrected chi connectivity index (χ3v) is 4.25. The lowest BCUT2D eigenvalue weighted by Gasteiger charge is -2.49. The second-order valence-electron chi connectivity index (χ2n) is 5.41. The first-order valence-electron chi connectivity index (χ1n) is 7.02. The molecule has 3 aliphatic rings. The Balaban J connectivity index is 1.77. The highest BCUT2D eigenvalue weighted by Gasteiger charge is 2.37. The molecule has 0 amide bonds. The minimum absolute atomic E-state index is 0.0367. The molecule has 4 heterocycles. The Morgan fingerprint density at radius 3 is 2.78 bits per heavy atom. The van der Waals surface area contributed by atoms with Crippen LogP contribution in [0.1, 0.15) is 25.2 Å².